The maximum atomic E-state index is 13.9. The molecule has 0 aliphatic carbocycles. The molecule has 0 bridgehead atoms. The normalized spacial score (nSPS) is 10.8. The number of carbonyl (C=O) groups is 1. The van der Waals surface area contributed by atoms with Gasteiger partial charge in [0, 0.05) is 24.1 Å². The quantitative estimate of drug-likeness (QED) is 0.857. The molecule has 0 fully saturated rings. The minimum Gasteiger partial charge on any atom is -0.323 e. The van der Waals surface area contributed by atoms with Crippen molar-refractivity contribution in [2.24, 2.45) is 0 Å². The van der Waals surface area contributed by atoms with Gasteiger partial charge in [0.1, 0.15) is 11.6 Å². The van der Waals surface area contributed by atoms with Crippen LogP contribution in [0.5, 0.6) is 0 Å². The maximum Gasteiger partial charge on any atom is 0.344 e. The zero-order valence-electron chi connectivity index (χ0n) is 12.0. The minimum absolute atomic E-state index is 0.0286. The van der Waals surface area contributed by atoms with E-state index >= 15 is 0 Å². The summed E-state index contributed by atoms with van der Waals surface area (Å²) in [5.41, 5.74) is 0. The van der Waals surface area contributed by atoms with Crippen molar-refractivity contribution in [2.75, 3.05) is 13.1 Å². The Morgan fingerprint density at radius 3 is 2.50 bits per heavy atom. The lowest BCUT2D eigenvalue weighted by atomic mass is 10.3. The Hall–Kier alpha value is -1.96. The van der Waals surface area contributed by atoms with Crippen LogP contribution < -0.4 is 0 Å². The molecule has 1 heterocycles. The third kappa shape index (κ3) is 3.44. The second-order valence-electron chi connectivity index (χ2n) is 4.36. The number of aromatic nitrogens is 2. The lowest BCUT2D eigenvalue weighted by Crippen LogP contribution is -2.34. The predicted molar refractivity (Wildman–Crippen MR) is 76.4 cm³/mol. The van der Waals surface area contributed by atoms with Crippen molar-refractivity contribution in [3.8, 4) is 0 Å². The van der Waals surface area contributed by atoms with Gasteiger partial charge in [0.05, 0.1) is 6.20 Å². The number of amides is 1. The molecule has 1 aromatic heterocycles. The van der Waals surface area contributed by atoms with Gasteiger partial charge in [0.2, 0.25) is 0 Å². The number of hydrogen-bond donors (Lipinski definition) is 0. The largest absolute Gasteiger partial charge is 0.344 e. The van der Waals surface area contributed by atoms with Crippen molar-refractivity contribution >= 4 is 17.8 Å². The Kier molecular flexibility index (Phi) is 5.12. The highest BCUT2D eigenvalue weighted by Gasteiger charge is 2.19. The summed E-state index contributed by atoms with van der Waals surface area (Å²) < 4.78 is 41.2. The van der Waals surface area contributed by atoms with Gasteiger partial charge >= 0.3 is 6.03 Å². The van der Waals surface area contributed by atoms with Crippen LogP contribution in [0.4, 0.5) is 18.0 Å². The van der Waals surface area contributed by atoms with E-state index in [2.05, 4.69) is 5.10 Å². The van der Waals surface area contributed by atoms with E-state index in [-0.39, 0.29) is 9.92 Å². The molecule has 0 spiro atoms. The molecule has 0 aliphatic heterocycles. The Bertz CT molecular complexity index is 686. The number of nitrogens with zero attached hydrogens (tertiary/aromatic N) is 3. The first-order chi connectivity index (χ1) is 10.5. The molecule has 8 heteroatoms. The second kappa shape index (κ2) is 6.87. The van der Waals surface area contributed by atoms with Crippen LogP contribution in [0.3, 0.4) is 0 Å². The number of carbonyl (C=O) groups excluding carboxylic acids is 1. The van der Waals surface area contributed by atoms with Crippen molar-refractivity contribution in [1.29, 1.82) is 0 Å². The highest BCUT2D eigenvalue weighted by Crippen LogP contribution is 2.30. The van der Waals surface area contributed by atoms with Crippen molar-refractivity contribution in [2.45, 2.75) is 23.8 Å². The fourth-order valence-corrected chi connectivity index (χ4v) is 2.59. The average Bonchev–Trinajstić information content (AvgIpc) is 2.84. The summed E-state index contributed by atoms with van der Waals surface area (Å²) in [4.78, 5) is 13.6. The molecule has 2 aromatic rings. The maximum absolute atomic E-state index is 13.9. The standard InChI is InChI=1S/C14H14F3N3OS/c1-3-19(4-2)14(21)20-8-11(17)13(18-20)22-12-6-5-9(15)7-10(12)16/h5-8H,3-4H2,1-2H3. The van der Waals surface area contributed by atoms with Gasteiger partial charge in [-0.2, -0.15) is 9.78 Å². The second-order valence-corrected chi connectivity index (χ2v) is 5.39. The van der Waals surface area contributed by atoms with Crippen LogP contribution in [-0.4, -0.2) is 33.8 Å². The Morgan fingerprint density at radius 2 is 1.91 bits per heavy atom. The number of rotatable bonds is 4. The summed E-state index contributed by atoms with van der Waals surface area (Å²) in [6, 6.07) is 2.51. The topological polar surface area (TPSA) is 38.1 Å². The zero-order valence-corrected chi connectivity index (χ0v) is 12.8. The van der Waals surface area contributed by atoms with Crippen LogP contribution in [0, 0.1) is 17.5 Å². The Labute approximate surface area is 129 Å². The molecule has 22 heavy (non-hydrogen) atoms. The summed E-state index contributed by atoms with van der Waals surface area (Å²) in [7, 11) is 0. The van der Waals surface area contributed by atoms with Gasteiger partial charge in [0.25, 0.3) is 0 Å². The highest BCUT2D eigenvalue weighted by molar-refractivity contribution is 7.99. The number of hydrogen-bond acceptors (Lipinski definition) is 3. The van der Waals surface area contributed by atoms with E-state index in [9.17, 15) is 18.0 Å². The van der Waals surface area contributed by atoms with E-state index in [4.69, 9.17) is 0 Å². The molecule has 2 rings (SSSR count). The van der Waals surface area contributed by atoms with E-state index in [1.165, 1.54) is 11.0 Å². The Morgan fingerprint density at radius 1 is 1.23 bits per heavy atom. The molecule has 0 saturated heterocycles. The van der Waals surface area contributed by atoms with Crippen LogP contribution in [0.1, 0.15) is 13.8 Å². The van der Waals surface area contributed by atoms with Gasteiger partial charge in [-0.1, -0.05) is 11.8 Å². The van der Waals surface area contributed by atoms with E-state index in [0.717, 1.165) is 16.9 Å². The van der Waals surface area contributed by atoms with Crippen molar-refractivity contribution < 1.29 is 18.0 Å². The van der Waals surface area contributed by atoms with Crippen LogP contribution >= 0.6 is 11.8 Å². The van der Waals surface area contributed by atoms with Crippen molar-refractivity contribution in [3.63, 3.8) is 0 Å². The molecule has 0 aliphatic rings. The Balaban J connectivity index is 2.25. The molecular formula is C14H14F3N3OS. The lowest BCUT2D eigenvalue weighted by molar-refractivity contribution is 0.201. The third-order valence-electron chi connectivity index (χ3n) is 2.97. The molecule has 4 nitrogen and oxygen atoms in total. The van der Waals surface area contributed by atoms with Crippen LogP contribution in [0.25, 0.3) is 0 Å². The van der Waals surface area contributed by atoms with E-state index < -0.39 is 23.5 Å². The molecule has 0 radical (unpaired) electrons. The van der Waals surface area contributed by atoms with Gasteiger partial charge in [-0.25, -0.2) is 18.0 Å². The van der Waals surface area contributed by atoms with Crippen molar-refractivity contribution in [3.05, 3.63) is 41.8 Å². The molecule has 1 amide bonds. The third-order valence-corrected chi connectivity index (χ3v) is 3.99. The first-order valence-corrected chi connectivity index (χ1v) is 7.45. The summed E-state index contributed by atoms with van der Waals surface area (Å²) in [5.74, 6) is -2.27. The van der Waals surface area contributed by atoms with Gasteiger partial charge in [-0.15, -0.1) is 0 Å². The van der Waals surface area contributed by atoms with Crippen molar-refractivity contribution in [1.82, 2.24) is 14.7 Å². The zero-order chi connectivity index (χ0) is 16.3. The van der Waals surface area contributed by atoms with Crippen LogP contribution in [-0.2, 0) is 0 Å². The van der Waals surface area contributed by atoms with E-state index in [1.807, 2.05) is 0 Å². The van der Waals surface area contributed by atoms with E-state index in [0.29, 0.717) is 30.9 Å². The first-order valence-electron chi connectivity index (χ1n) is 6.63. The smallest absolute Gasteiger partial charge is 0.323 e. The fraction of sp³-hybridized carbons (Fsp3) is 0.286. The summed E-state index contributed by atoms with van der Waals surface area (Å²) >= 11 is 0.695. The number of benzene rings is 1. The first kappa shape index (κ1) is 16.4. The monoisotopic (exact) mass is 329 g/mol. The molecule has 1 aromatic carbocycles. The van der Waals surface area contributed by atoms with Crippen LogP contribution in [0.2, 0.25) is 0 Å². The average molecular weight is 329 g/mol. The molecule has 0 unspecified atom stereocenters. The lowest BCUT2D eigenvalue weighted by Gasteiger charge is -2.17. The van der Waals surface area contributed by atoms with Gasteiger partial charge in [-0.05, 0) is 26.0 Å². The van der Waals surface area contributed by atoms with E-state index in [1.54, 1.807) is 13.8 Å². The van der Waals surface area contributed by atoms with Crippen LogP contribution in [0.15, 0.2) is 34.3 Å². The highest BCUT2D eigenvalue weighted by atomic mass is 32.2. The minimum atomic E-state index is -0.811. The fourth-order valence-electron chi connectivity index (χ4n) is 1.81. The molecule has 0 atom stereocenters. The molecule has 0 saturated carbocycles. The summed E-state index contributed by atoms with van der Waals surface area (Å²) in [6.45, 7) is 4.52. The summed E-state index contributed by atoms with van der Waals surface area (Å²) in [5, 5.41) is 3.69. The number of halogens is 3. The SMILES string of the molecule is CCN(CC)C(=O)n1cc(F)c(Sc2ccc(F)cc2F)n1. The molecule has 118 valence electrons. The molecular weight excluding hydrogens is 315 g/mol. The predicted octanol–water partition coefficient (Wildman–Crippen LogP) is 3.76. The molecule has 0 N–H and O–H groups in total. The van der Waals surface area contributed by atoms with Gasteiger partial charge in [0.15, 0.2) is 10.8 Å². The van der Waals surface area contributed by atoms with Gasteiger partial charge in [-0.3, -0.25) is 0 Å². The summed E-state index contributed by atoms with van der Waals surface area (Å²) in [6.07, 6.45) is 0.949. The van der Waals surface area contributed by atoms with Gasteiger partial charge < -0.3 is 4.90 Å².